The Balaban J connectivity index is 1.54. The number of nitrogen functional groups attached to an aromatic ring is 2. The van der Waals surface area contributed by atoms with E-state index in [0.29, 0.717) is 30.7 Å². The predicted octanol–water partition coefficient (Wildman–Crippen LogP) is 5.41. The zero-order valence-electron chi connectivity index (χ0n) is 19.4. The van der Waals surface area contributed by atoms with Crippen LogP contribution < -0.4 is 36.9 Å². The monoisotopic (exact) mass is 461 g/mol. The highest BCUT2D eigenvalue weighted by molar-refractivity contribution is 5.79. The van der Waals surface area contributed by atoms with Gasteiger partial charge in [0.15, 0.2) is 23.1 Å². The van der Waals surface area contributed by atoms with Crippen molar-refractivity contribution in [1.82, 2.24) is 9.97 Å². The van der Waals surface area contributed by atoms with E-state index >= 15 is 0 Å². The molecule has 0 aliphatic carbocycles. The highest BCUT2D eigenvalue weighted by atomic mass is 16.5. The number of nitrogens with one attached hydrogen (secondary N) is 3. The van der Waals surface area contributed by atoms with Crippen molar-refractivity contribution in [3.63, 3.8) is 0 Å². The van der Waals surface area contributed by atoms with Crippen LogP contribution in [-0.4, -0.2) is 23.2 Å². The second kappa shape index (κ2) is 10.7. The maximum absolute atomic E-state index is 6.16. The van der Waals surface area contributed by atoms with E-state index in [0.717, 1.165) is 54.2 Å². The van der Waals surface area contributed by atoms with Crippen LogP contribution in [0.1, 0.15) is 32.6 Å². The first-order chi connectivity index (χ1) is 16.5. The Labute approximate surface area is 199 Å². The summed E-state index contributed by atoms with van der Waals surface area (Å²) in [7, 11) is 0. The van der Waals surface area contributed by atoms with Crippen molar-refractivity contribution in [1.29, 1.82) is 0 Å². The van der Waals surface area contributed by atoms with Crippen LogP contribution in [0.2, 0.25) is 0 Å². The molecule has 0 spiro atoms. The van der Waals surface area contributed by atoms with E-state index in [1.54, 1.807) is 0 Å². The van der Waals surface area contributed by atoms with Crippen molar-refractivity contribution in [2.45, 2.75) is 32.6 Å². The summed E-state index contributed by atoms with van der Waals surface area (Å²) in [5, 5.41) is 9.69. The van der Waals surface area contributed by atoms with Gasteiger partial charge >= 0.3 is 0 Å². The summed E-state index contributed by atoms with van der Waals surface area (Å²) in [4.78, 5) is 8.84. The number of benzene rings is 2. The molecule has 4 rings (SSSR count). The van der Waals surface area contributed by atoms with Crippen LogP contribution in [0.15, 0.2) is 54.7 Å². The lowest BCUT2D eigenvalue weighted by molar-refractivity contribution is 0.288. The predicted molar refractivity (Wildman–Crippen MR) is 138 cm³/mol. The van der Waals surface area contributed by atoms with E-state index in [1.807, 2.05) is 49.4 Å². The molecule has 9 heteroatoms. The zero-order chi connectivity index (χ0) is 23.9. The average Bonchev–Trinajstić information content (AvgIpc) is 2.94. The van der Waals surface area contributed by atoms with Gasteiger partial charge in [-0.2, -0.15) is 9.97 Å². The van der Waals surface area contributed by atoms with Crippen molar-refractivity contribution in [3.05, 3.63) is 54.7 Å². The summed E-state index contributed by atoms with van der Waals surface area (Å²) < 4.78 is 11.7. The normalized spacial score (nSPS) is 13.2. The molecule has 178 valence electrons. The average molecular weight is 462 g/mol. The molecule has 2 aromatic carbocycles. The van der Waals surface area contributed by atoms with Crippen LogP contribution in [-0.2, 0) is 0 Å². The quantitative estimate of drug-likeness (QED) is 0.313. The summed E-state index contributed by atoms with van der Waals surface area (Å²) in [5.41, 5.74) is 15.9. The maximum Gasteiger partial charge on any atom is 0.231 e. The van der Waals surface area contributed by atoms with Crippen LogP contribution in [0.5, 0.6) is 11.5 Å². The van der Waals surface area contributed by atoms with Gasteiger partial charge in [0.2, 0.25) is 5.95 Å². The lowest BCUT2D eigenvalue weighted by atomic mass is 10.2. The van der Waals surface area contributed by atoms with Crippen LogP contribution in [0.25, 0.3) is 0 Å². The van der Waals surface area contributed by atoms with E-state index in [1.165, 1.54) is 0 Å². The van der Waals surface area contributed by atoms with Gasteiger partial charge in [0.05, 0.1) is 13.2 Å². The van der Waals surface area contributed by atoms with E-state index in [2.05, 4.69) is 32.5 Å². The first-order valence-corrected chi connectivity index (χ1v) is 11.4. The largest absolute Gasteiger partial charge is 0.490 e. The van der Waals surface area contributed by atoms with Crippen molar-refractivity contribution < 1.29 is 9.47 Å². The molecule has 0 bridgehead atoms. The first-order valence-electron chi connectivity index (χ1n) is 11.4. The number of rotatable bonds is 7. The van der Waals surface area contributed by atoms with Gasteiger partial charge in [-0.3, -0.25) is 0 Å². The molecule has 2 heterocycles. The topological polar surface area (TPSA) is 132 Å². The third kappa shape index (κ3) is 5.80. The van der Waals surface area contributed by atoms with Gasteiger partial charge in [-0.05, 0) is 56.0 Å². The molecule has 1 aromatic heterocycles. The number of allylic oxidation sites excluding steroid dienone is 1. The number of fused-ring (bicyclic) bond motifs is 1. The molecule has 0 radical (unpaired) electrons. The SMILES string of the molecule is C=C(CC)Nc1cccc(Nc2nc(Nc3ccc4c(c3)OCCCCCO4)nc(N)c2N)c1. The Morgan fingerprint density at radius 3 is 2.44 bits per heavy atom. The Hall–Kier alpha value is -4.14. The molecule has 0 fully saturated rings. The minimum Gasteiger partial charge on any atom is -0.490 e. The Morgan fingerprint density at radius 2 is 1.65 bits per heavy atom. The number of hydrogen-bond donors (Lipinski definition) is 5. The van der Waals surface area contributed by atoms with Crippen LogP contribution in [0, 0.1) is 0 Å². The molecular weight excluding hydrogens is 430 g/mol. The smallest absolute Gasteiger partial charge is 0.231 e. The molecule has 1 aliphatic rings. The van der Waals surface area contributed by atoms with E-state index in [4.69, 9.17) is 20.9 Å². The third-order valence-corrected chi connectivity index (χ3v) is 5.35. The van der Waals surface area contributed by atoms with Crippen LogP contribution in [0.3, 0.4) is 0 Å². The zero-order valence-corrected chi connectivity index (χ0v) is 19.4. The van der Waals surface area contributed by atoms with Crippen LogP contribution in [0.4, 0.5) is 40.3 Å². The fraction of sp³-hybridized carbons (Fsp3) is 0.280. The van der Waals surface area contributed by atoms with Crippen molar-refractivity contribution >= 4 is 40.3 Å². The fourth-order valence-corrected chi connectivity index (χ4v) is 3.43. The van der Waals surface area contributed by atoms with E-state index in [9.17, 15) is 0 Å². The second-order valence-corrected chi connectivity index (χ2v) is 8.03. The molecule has 9 nitrogen and oxygen atoms in total. The molecule has 3 aromatic rings. The molecule has 0 amide bonds. The van der Waals surface area contributed by atoms with E-state index in [-0.39, 0.29) is 11.5 Å². The summed E-state index contributed by atoms with van der Waals surface area (Å²) >= 11 is 0. The molecule has 0 saturated heterocycles. The maximum atomic E-state index is 6.16. The number of aromatic nitrogens is 2. The lowest BCUT2D eigenvalue weighted by Gasteiger charge is -2.15. The first kappa shape index (κ1) is 23.0. The second-order valence-electron chi connectivity index (χ2n) is 8.03. The van der Waals surface area contributed by atoms with Gasteiger partial charge in [-0.25, -0.2) is 0 Å². The number of nitrogens with two attached hydrogens (primary N) is 2. The molecule has 0 saturated carbocycles. The fourth-order valence-electron chi connectivity index (χ4n) is 3.43. The standard InChI is InChI=1S/C25H31N7O2/c1-3-16(2)28-17-8-7-9-18(14-17)29-24-22(26)23(27)31-25(32-24)30-19-10-11-20-21(15-19)34-13-6-4-5-12-33-20/h7-11,14-15,28H,2-6,12-13,26H2,1H3,(H4,27,29,30,31,32). The van der Waals surface area contributed by atoms with Crippen LogP contribution >= 0.6 is 0 Å². The van der Waals surface area contributed by atoms with Gasteiger partial charge in [-0.1, -0.05) is 19.6 Å². The summed E-state index contributed by atoms with van der Waals surface area (Å²) in [6.45, 7) is 7.36. The minimum absolute atomic E-state index is 0.177. The third-order valence-electron chi connectivity index (χ3n) is 5.35. The summed E-state index contributed by atoms with van der Waals surface area (Å²) in [5.74, 6) is 2.31. The highest BCUT2D eigenvalue weighted by Crippen LogP contribution is 2.34. The van der Waals surface area contributed by atoms with E-state index < -0.39 is 0 Å². The number of ether oxygens (including phenoxy) is 2. The number of hydrogen-bond acceptors (Lipinski definition) is 9. The molecular formula is C25H31N7O2. The minimum atomic E-state index is 0.177. The molecule has 0 atom stereocenters. The molecule has 7 N–H and O–H groups in total. The lowest BCUT2D eigenvalue weighted by Crippen LogP contribution is -2.09. The number of nitrogens with zero attached hydrogens (tertiary/aromatic N) is 2. The van der Waals surface area contributed by atoms with Gasteiger partial charge < -0.3 is 36.9 Å². The number of anilines is 7. The molecule has 34 heavy (non-hydrogen) atoms. The molecule has 0 unspecified atom stereocenters. The summed E-state index contributed by atoms with van der Waals surface area (Å²) in [6.07, 6.45) is 3.93. The molecule has 1 aliphatic heterocycles. The van der Waals surface area contributed by atoms with Gasteiger partial charge in [0.1, 0.15) is 5.69 Å². The Bertz CT molecular complexity index is 1170. The van der Waals surface area contributed by atoms with Gasteiger partial charge in [0, 0.05) is 28.8 Å². The van der Waals surface area contributed by atoms with Crippen molar-refractivity contribution in [2.24, 2.45) is 0 Å². The van der Waals surface area contributed by atoms with Crippen molar-refractivity contribution in [2.75, 3.05) is 40.6 Å². The van der Waals surface area contributed by atoms with Crippen molar-refractivity contribution in [3.8, 4) is 11.5 Å². The Morgan fingerprint density at radius 1 is 0.912 bits per heavy atom. The van der Waals surface area contributed by atoms with Gasteiger partial charge in [-0.15, -0.1) is 0 Å². The summed E-state index contributed by atoms with van der Waals surface area (Å²) in [6, 6.07) is 13.4. The Kier molecular flexibility index (Phi) is 7.22. The highest BCUT2D eigenvalue weighted by Gasteiger charge is 2.13. The van der Waals surface area contributed by atoms with Gasteiger partial charge in [0.25, 0.3) is 0 Å².